The molecule has 2 aromatic heterocycles. The maximum atomic E-state index is 12.8. The number of fused-ring (bicyclic) bond motifs is 2. The first-order chi connectivity index (χ1) is 12.6. The normalized spacial score (nSPS) is 13.0. The molecule has 26 heavy (non-hydrogen) atoms. The number of hydrogen-bond acceptors (Lipinski definition) is 5. The summed E-state index contributed by atoms with van der Waals surface area (Å²) in [5.74, 6) is -0.442. The van der Waals surface area contributed by atoms with E-state index in [-0.39, 0.29) is 17.6 Å². The molecule has 1 aliphatic rings. The van der Waals surface area contributed by atoms with Gasteiger partial charge in [0.1, 0.15) is 10.6 Å². The number of para-hydroxylation sites is 1. The molecule has 0 aliphatic heterocycles. The Bertz CT molecular complexity index is 1010. The van der Waals surface area contributed by atoms with E-state index in [0.717, 1.165) is 40.7 Å². The first-order valence-corrected chi connectivity index (χ1v) is 9.53. The molecule has 0 atom stereocenters. The lowest BCUT2D eigenvalue weighted by Gasteiger charge is -2.07. The largest absolute Gasteiger partial charge is 0.462 e. The van der Waals surface area contributed by atoms with Crippen molar-refractivity contribution in [1.29, 1.82) is 0 Å². The molecule has 0 bridgehead atoms. The van der Waals surface area contributed by atoms with Gasteiger partial charge in [-0.2, -0.15) is 0 Å². The Hall–Kier alpha value is -2.60. The molecule has 2 heterocycles. The Balaban J connectivity index is 1.69. The van der Waals surface area contributed by atoms with E-state index in [9.17, 15) is 9.59 Å². The number of rotatable bonds is 4. The first-order valence-electron chi connectivity index (χ1n) is 8.71. The van der Waals surface area contributed by atoms with Crippen molar-refractivity contribution in [3.05, 3.63) is 51.6 Å². The number of aryl methyl sites for hydroxylation is 2. The predicted octanol–water partition coefficient (Wildman–Crippen LogP) is 4.72. The number of furan rings is 1. The minimum absolute atomic E-state index is 0.273. The van der Waals surface area contributed by atoms with Crippen LogP contribution in [0.1, 0.15) is 50.3 Å². The third-order valence-corrected chi connectivity index (χ3v) is 5.89. The fraction of sp³-hybridized carbons (Fsp3) is 0.300. The number of carbonyl (C=O) groups is 2. The standard InChI is InChI=1S/C20H19NO4S/c1-3-24-20(23)16-13-8-6-10-15(13)26-19(16)21-18(22)17-11(2)12-7-4-5-9-14(12)25-17/h4-5,7,9H,3,6,8,10H2,1-2H3,(H,21,22). The molecule has 4 rings (SSSR count). The molecule has 0 radical (unpaired) electrons. The van der Waals surface area contributed by atoms with Gasteiger partial charge in [0.15, 0.2) is 5.76 Å². The lowest BCUT2D eigenvalue weighted by molar-refractivity contribution is 0.0527. The zero-order valence-corrected chi connectivity index (χ0v) is 15.5. The Morgan fingerprint density at radius 3 is 2.85 bits per heavy atom. The van der Waals surface area contributed by atoms with Crippen LogP contribution in [0.25, 0.3) is 11.0 Å². The van der Waals surface area contributed by atoms with E-state index in [0.29, 0.717) is 22.8 Å². The summed E-state index contributed by atoms with van der Waals surface area (Å²) in [4.78, 5) is 26.4. The minimum atomic E-state index is -0.372. The molecule has 5 nitrogen and oxygen atoms in total. The highest BCUT2D eigenvalue weighted by molar-refractivity contribution is 7.17. The summed E-state index contributed by atoms with van der Waals surface area (Å²) in [6.45, 7) is 3.95. The number of anilines is 1. The molecular weight excluding hydrogens is 350 g/mol. The fourth-order valence-electron chi connectivity index (χ4n) is 3.46. The fourth-order valence-corrected chi connectivity index (χ4v) is 4.73. The third kappa shape index (κ3) is 2.70. The van der Waals surface area contributed by atoms with Crippen LogP contribution in [0.4, 0.5) is 5.00 Å². The summed E-state index contributed by atoms with van der Waals surface area (Å²) in [5.41, 5.74) is 2.99. The second kappa shape index (κ2) is 6.61. The summed E-state index contributed by atoms with van der Waals surface area (Å²) in [5, 5.41) is 4.35. The van der Waals surface area contributed by atoms with Gasteiger partial charge in [-0.25, -0.2) is 4.79 Å². The van der Waals surface area contributed by atoms with Gasteiger partial charge < -0.3 is 14.5 Å². The van der Waals surface area contributed by atoms with Gasteiger partial charge in [0, 0.05) is 15.8 Å². The van der Waals surface area contributed by atoms with Gasteiger partial charge >= 0.3 is 5.97 Å². The van der Waals surface area contributed by atoms with E-state index in [4.69, 9.17) is 9.15 Å². The molecule has 3 aromatic rings. The van der Waals surface area contributed by atoms with E-state index in [1.807, 2.05) is 31.2 Å². The SMILES string of the molecule is CCOC(=O)c1c(NC(=O)c2oc3ccccc3c2C)sc2c1CCC2. The lowest BCUT2D eigenvalue weighted by Crippen LogP contribution is -2.15. The van der Waals surface area contributed by atoms with Crippen LogP contribution in [0.2, 0.25) is 0 Å². The summed E-state index contributed by atoms with van der Waals surface area (Å²) in [6, 6.07) is 7.54. The maximum absolute atomic E-state index is 12.8. The van der Waals surface area contributed by atoms with Gasteiger partial charge in [-0.1, -0.05) is 18.2 Å². The number of benzene rings is 1. The maximum Gasteiger partial charge on any atom is 0.341 e. The van der Waals surface area contributed by atoms with Crippen molar-refractivity contribution in [2.45, 2.75) is 33.1 Å². The van der Waals surface area contributed by atoms with Crippen LogP contribution in [-0.4, -0.2) is 18.5 Å². The van der Waals surface area contributed by atoms with Gasteiger partial charge in [-0.15, -0.1) is 11.3 Å². The van der Waals surface area contributed by atoms with Crippen molar-refractivity contribution in [2.24, 2.45) is 0 Å². The molecular formula is C20H19NO4S. The summed E-state index contributed by atoms with van der Waals surface area (Å²) in [7, 11) is 0. The quantitative estimate of drug-likeness (QED) is 0.676. The number of thiophene rings is 1. The van der Waals surface area contributed by atoms with E-state index in [1.54, 1.807) is 6.92 Å². The highest BCUT2D eigenvalue weighted by atomic mass is 32.1. The van der Waals surface area contributed by atoms with Crippen LogP contribution in [0.15, 0.2) is 28.7 Å². The van der Waals surface area contributed by atoms with Crippen LogP contribution in [0, 0.1) is 6.92 Å². The van der Waals surface area contributed by atoms with Crippen molar-refractivity contribution in [2.75, 3.05) is 11.9 Å². The Morgan fingerprint density at radius 1 is 1.27 bits per heavy atom. The topological polar surface area (TPSA) is 68.5 Å². The van der Waals surface area contributed by atoms with Gasteiger partial charge in [0.2, 0.25) is 0 Å². The number of amides is 1. The van der Waals surface area contributed by atoms with Crippen molar-refractivity contribution in [3.63, 3.8) is 0 Å². The summed E-state index contributed by atoms with van der Waals surface area (Å²) < 4.78 is 10.9. The average Bonchev–Trinajstić information content (AvgIpc) is 3.28. The van der Waals surface area contributed by atoms with E-state index in [2.05, 4.69) is 5.32 Å². The molecule has 1 N–H and O–H groups in total. The second-order valence-electron chi connectivity index (χ2n) is 6.29. The Kier molecular flexibility index (Phi) is 4.28. The molecule has 6 heteroatoms. The minimum Gasteiger partial charge on any atom is -0.462 e. The van der Waals surface area contributed by atoms with Crippen molar-refractivity contribution >= 4 is 39.2 Å². The molecule has 1 aromatic carbocycles. The summed E-state index contributed by atoms with van der Waals surface area (Å²) in [6.07, 6.45) is 2.82. The van der Waals surface area contributed by atoms with Gasteiger partial charge in [-0.3, -0.25) is 4.79 Å². The molecule has 1 aliphatic carbocycles. The summed E-state index contributed by atoms with van der Waals surface area (Å²) >= 11 is 1.46. The molecule has 0 saturated heterocycles. The Morgan fingerprint density at radius 2 is 2.08 bits per heavy atom. The van der Waals surface area contributed by atoms with Gasteiger partial charge in [0.25, 0.3) is 5.91 Å². The molecule has 1 amide bonds. The number of hydrogen-bond donors (Lipinski definition) is 1. The van der Waals surface area contributed by atoms with Crippen molar-refractivity contribution < 1.29 is 18.7 Å². The van der Waals surface area contributed by atoms with Crippen LogP contribution in [0.3, 0.4) is 0 Å². The van der Waals surface area contributed by atoms with E-state index >= 15 is 0 Å². The smallest absolute Gasteiger partial charge is 0.341 e. The van der Waals surface area contributed by atoms with Crippen LogP contribution in [0.5, 0.6) is 0 Å². The predicted molar refractivity (Wildman–Crippen MR) is 101 cm³/mol. The van der Waals surface area contributed by atoms with Gasteiger partial charge in [-0.05, 0) is 44.7 Å². The van der Waals surface area contributed by atoms with Crippen LogP contribution in [-0.2, 0) is 17.6 Å². The van der Waals surface area contributed by atoms with E-state index < -0.39 is 0 Å². The molecule has 0 fully saturated rings. The number of nitrogens with one attached hydrogen (secondary N) is 1. The molecule has 134 valence electrons. The van der Waals surface area contributed by atoms with E-state index in [1.165, 1.54) is 11.3 Å². The van der Waals surface area contributed by atoms with Crippen molar-refractivity contribution in [1.82, 2.24) is 0 Å². The number of carbonyl (C=O) groups excluding carboxylic acids is 2. The second-order valence-corrected chi connectivity index (χ2v) is 7.39. The zero-order chi connectivity index (χ0) is 18.3. The monoisotopic (exact) mass is 369 g/mol. The third-order valence-electron chi connectivity index (χ3n) is 4.68. The Labute approximate surface area is 155 Å². The van der Waals surface area contributed by atoms with Crippen LogP contribution < -0.4 is 5.32 Å². The highest BCUT2D eigenvalue weighted by Crippen LogP contribution is 2.40. The highest BCUT2D eigenvalue weighted by Gasteiger charge is 2.29. The number of esters is 1. The zero-order valence-electron chi connectivity index (χ0n) is 14.7. The molecule has 0 spiro atoms. The average molecular weight is 369 g/mol. The molecule has 0 unspecified atom stereocenters. The molecule has 0 saturated carbocycles. The lowest BCUT2D eigenvalue weighted by atomic mass is 10.1. The number of ether oxygens (including phenoxy) is 1. The van der Waals surface area contributed by atoms with Crippen LogP contribution >= 0.6 is 11.3 Å². The van der Waals surface area contributed by atoms with Crippen molar-refractivity contribution in [3.8, 4) is 0 Å². The van der Waals surface area contributed by atoms with Gasteiger partial charge in [0.05, 0.1) is 12.2 Å². The first kappa shape index (κ1) is 16.8.